The Morgan fingerprint density at radius 3 is 2.56 bits per heavy atom. The number of benzene rings is 1. The Morgan fingerprint density at radius 2 is 1.89 bits per heavy atom. The molecule has 0 radical (unpaired) electrons. The summed E-state index contributed by atoms with van der Waals surface area (Å²) in [7, 11) is 3.53. The molecule has 3 nitrogen and oxygen atoms in total. The Labute approximate surface area is 170 Å². The molecule has 0 amide bonds. The van der Waals surface area contributed by atoms with E-state index in [1.54, 1.807) is 21.6 Å². The van der Waals surface area contributed by atoms with Crippen molar-refractivity contribution in [1.29, 1.82) is 0 Å². The van der Waals surface area contributed by atoms with Gasteiger partial charge in [-0.2, -0.15) is 13.2 Å². The highest BCUT2D eigenvalue weighted by atomic mass is 35.5. The molecule has 146 valence electrons. The maximum Gasteiger partial charge on any atom is 0.416 e. The first kappa shape index (κ1) is 21.9. The second-order valence-electron chi connectivity index (χ2n) is 5.98. The first-order chi connectivity index (χ1) is 12.3. The van der Waals surface area contributed by atoms with Gasteiger partial charge in [-0.05, 0) is 43.2 Å². The van der Waals surface area contributed by atoms with Gasteiger partial charge in [-0.15, -0.1) is 0 Å². The largest absolute Gasteiger partial charge is 1.00 e. The lowest BCUT2D eigenvalue weighted by molar-refractivity contribution is -0.611. The number of nitrogens with zero attached hydrogens (tertiary/aromatic N) is 2. The summed E-state index contributed by atoms with van der Waals surface area (Å²) in [6, 6.07) is 5.69. The van der Waals surface area contributed by atoms with Crippen molar-refractivity contribution in [3.63, 3.8) is 0 Å². The van der Waals surface area contributed by atoms with E-state index in [0.717, 1.165) is 40.5 Å². The van der Waals surface area contributed by atoms with Crippen LogP contribution in [0.1, 0.15) is 29.3 Å². The molecule has 1 aromatic carbocycles. The maximum absolute atomic E-state index is 12.9. The van der Waals surface area contributed by atoms with Crippen LogP contribution in [-0.2, 0) is 11.9 Å². The highest BCUT2D eigenvalue weighted by Crippen LogP contribution is 2.31. The Bertz CT molecular complexity index is 941. The molecule has 2 aromatic heterocycles. The summed E-state index contributed by atoms with van der Waals surface area (Å²) < 4.78 is 40.8. The average molecular weight is 434 g/mol. The number of fused-ring (bicyclic) bond motifs is 1. The summed E-state index contributed by atoms with van der Waals surface area (Å²) in [5.41, 5.74) is 3.48. The fourth-order valence-corrected chi connectivity index (χ4v) is 4.58. The molecular formula is C18H19ClF3N3S2. The van der Waals surface area contributed by atoms with E-state index in [0.29, 0.717) is 17.0 Å². The summed E-state index contributed by atoms with van der Waals surface area (Å²) in [6.07, 6.45) is -2.42. The number of aromatic nitrogens is 3. The fourth-order valence-electron chi connectivity index (χ4n) is 2.77. The molecule has 0 unspecified atom stereocenters. The number of hydrogen-bond acceptors (Lipinski definition) is 3. The smallest absolute Gasteiger partial charge is 0.416 e. The molecule has 0 bridgehead atoms. The normalized spacial score (nSPS) is 11.6. The van der Waals surface area contributed by atoms with Gasteiger partial charge < -0.3 is 12.4 Å². The van der Waals surface area contributed by atoms with Gasteiger partial charge in [-0.1, -0.05) is 39.6 Å². The summed E-state index contributed by atoms with van der Waals surface area (Å²) in [5.74, 6) is 2.33. The predicted octanol–water partition coefficient (Wildman–Crippen LogP) is 2.38. The summed E-state index contributed by atoms with van der Waals surface area (Å²) in [6.45, 7) is 6.14. The lowest BCUT2D eigenvalue weighted by Crippen LogP contribution is -3.00. The number of aromatic amines is 1. The third kappa shape index (κ3) is 4.92. The van der Waals surface area contributed by atoms with Crippen LogP contribution in [0.3, 0.4) is 0 Å². The van der Waals surface area contributed by atoms with E-state index >= 15 is 0 Å². The monoisotopic (exact) mass is 433 g/mol. The number of H-pyrrole nitrogens is 1. The SMILES string of the molecule is CCSSCc1c(C)cc(C)c[n+]1-c1nc2cc(C(F)(F)F)ccc2[nH]1.[Cl-]. The van der Waals surface area contributed by atoms with E-state index < -0.39 is 11.7 Å². The number of aryl methyl sites for hydroxylation is 2. The van der Waals surface area contributed by atoms with Gasteiger partial charge in [0.15, 0.2) is 5.52 Å². The van der Waals surface area contributed by atoms with Crippen LogP contribution in [-0.4, -0.2) is 15.7 Å². The highest BCUT2D eigenvalue weighted by molar-refractivity contribution is 8.76. The topological polar surface area (TPSA) is 32.6 Å². The molecule has 0 aliphatic rings. The van der Waals surface area contributed by atoms with Crippen LogP contribution in [0.25, 0.3) is 17.0 Å². The molecule has 0 aliphatic carbocycles. The van der Waals surface area contributed by atoms with Crippen molar-refractivity contribution in [3.05, 3.63) is 52.8 Å². The summed E-state index contributed by atoms with van der Waals surface area (Å²) >= 11 is 0. The molecular weight excluding hydrogens is 415 g/mol. The minimum Gasteiger partial charge on any atom is -1.00 e. The van der Waals surface area contributed by atoms with Gasteiger partial charge >= 0.3 is 12.1 Å². The van der Waals surface area contributed by atoms with Crippen LogP contribution >= 0.6 is 21.6 Å². The summed E-state index contributed by atoms with van der Waals surface area (Å²) in [4.78, 5) is 7.56. The number of pyridine rings is 1. The third-order valence-electron chi connectivity index (χ3n) is 3.95. The van der Waals surface area contributed by atoms with Crippen molar-refractivity contribution in [2.45, 2.75) is 32.7 Å². The number of halogens is 4. The van der Waals surface area contributed by atoms with E-state index in [-0.39, 0.29) is 12.4 Å². The molecule has 1 N–H and O–H groups in total. The second kappa shape index (κ2) is 8.75. The first-order valence-electron chi connectivity index (χ1n) is 8.13. The zero-order valence-corrected chi connectivity index (χ0v) is 17.4. The zero-order valence-electron chi connectivity index (χ0n) is 15.0. The molecule has 0 aliphatic heterocycles. The Balaban J connectivity index is 0.00000261. The van der Waals surface area contributed by atoms with Crippen LogP contribution in [0, 0.1) is 13.8 Å². The molecule has 0 saturated heterocycles. The standard InChI is InChI=1S/C18H19F3N3S2.ClH/c1-4-25-26-10-16-12(3)7-11(2)9-24(16)17-22-14-6-5-13(18(19,20)21)8-15(14)23-17;/h5-9H,4,10H2,1-3H3,(H,22,23);1H/q+1;/p-1. The molecule has 2 heterocycles. The molecule has 3 aromatic rings. The van der Waals surface area contributed by atoms with Gasteiger partial charge in [-0.25, -0.2) is 9.55 Å². The molecule has 3 rings (SSSR count). The molecule has 9 heteroatoms. The van der Waals surface area contributed by atoms with E-state index in [1.807, 2.05) is 24.6 Å². The predicted molar refractivity (Wildman–Crippen MR) is 102 cm³/mol. The quantitative estimate of drug-likeness (QED) is 0.381. The Kier molecular flexibility index (Phi) is 7.10. The van der Waals surface area contributed by atoms with Gasteiger partial charge in [0.2, 0.25) is 0 Å². The highest BCUT2D eigenvalue weighted by Gasteiger charge is 2.31. The van der Waals surface area contributed by atoms with Gasteiger partial charge in [0.05, 0.1) is 23.2 Å². The van der Waals surface area contributed by atoms with Crippen molar-refractivity contribution in [2.24, 2.45) is 0 Å². The lowest BCUT2D eigenvalue weighted by atomic mass is 10.2. The number of alkyl halides is 3. The Morgan fingerprint density at radius 1 is 1.15 bits per heavy atom. The zero-order chi connectivity index (χ0) is 18.9. The van der Waals surface area contributed by atoms with Gasteiger partial charge in [-0.3, -0.25) is 0 Å². The molecule has 0 spiro atoms. The molecule has 0 fully saturated rings. The van der Waals surface area contributed by atoms with E-state index in [9.17, 15) is 13.2 Å². The van der Waals surface area contributed by atoms with Crippen molar-refractivity contribution in [3.8, 4) is 5.95 Å². The average Bonchev–Trinajstić information content (AvgIpc) is 2.98. The first-order valence-corrected chi connectivity index (χ1v) is 10.6. The van der Waals surface area contributed by atoms with Crippen molar-refractivity contribution < 1.29 is 30.1 Å². The van der Waals surface area contributed by atoms with E-state index in [2.05, 4.69) is 23.0 Å². The number of nitrogens with one attached hydrogen (secondary N) is 1. The van der Waals surface area contributed by atoms with Crippen molar-refractivity contribution in [2.75, 3.05) is 5.75 Å². The van der Waals surface area contributed by atoms with Crippen LogP contribution < -0.4 is 17.0 Å². The van der Waals surface area contributed by atoms with Gasteiger partial charge in [0.25, 0.3) is 0 Å². The molecule has 27 heavy (non-hydrogen) atoms. The van der Waals surface area contributed by atoms with Crippen LogP contribution in [0.4, 0.5) is 13.2 Å². The van der Waals surface area contributed by atoms with Gasteiger partial charge in [0, 0.05) is 5.75 Å². The van der Waals surface area contributed by atoms with E-state index in [1.165, 1.54) is 6.07 Å². The minimum atomic E-state index is -4.38. The van der Waals surface area contributed by atoms with Crippen molar-refractivity contribution in [1.82, 2.24) is 9.97 Å². The minimum absolute atomic E-state index is 0. The lowest BCUT2D eigenvalue weighted by Gasteiger charge is -2.09. The third-order valence-corrected chi connectivity index (χ3v) is 6.30. The van der Waals surface area contributed by atoms with Crippen LogP contribution in [0.2, 0.25) is 0 Å². The second-order valence-corrected chi connectivity index (χ2v) is 8.73. The Hall–Kier alpha value is -1.38. The summed E-state index contributed by atoms with van der Waals surface area (Å²) in [5, 5.41) is 0. The molecule has 0 atom stereocenters. The fraction of sp³-hybridized carbons (Fsp3) is 0.333. The number of hydrogen-bond donors (Lipinski definition) is 1. The van der Waals surface area contributed by atoms with E-state index in [4.69, 9.17) is 0 Å². The maximum atomic E-state index is 12.9. The van der Waals surface area contributed by atoms with Crippen LogP contribution in [0.5, 0.6) is 0 Å². The number of rotatable bonds is 5. The number of imidazole rings is 1. The molecule has 0 saturated carbocycles. The van der Waals surface area contributed by atoms with Crippen molar-refractivity contribution >= 4 is 32.6 Å². The van der Waals surface area contributed by atoms with Gasteiger partial charge in [0.1, 0.15) is 5.52 Å². The van der Waals surface area contributed by atoms with Crippen LogP contribution in [0.15, 0.2) is 30.5 Å².